The first-order valence-corrected chi connectivity index (χ1v) is 10.6. The van der Waals surface area contributed by atoms with Crippen LogP contribution in [0.1, 0.15) is 45.1 Å². The van der Waals surface area contributed by atoms with Crippen LogP contribution in [-0.4, -0.2) is 50.7 Å². The minimum absolute atomic E-state index is 0.0641. The molecule has 2 rings (SSSR count). The number of carbonyl (C=O) groups is 1. The van der Waals surface area contributed by atoms with Gasteiger partial charge in [0.1, 0.15) is 5.75 Å². The average Bonchev–Trinajstić information content (AvgIpc) is 2.54. The van der Waals surface area contributed by atoms with Gasteiger partial charge < -0.3 is 9.64 Å². The molecule has 1 unspecified atom stereocenters. The Balaban J connectivity index is 1.86. The monoisotopic (exact) mass is 368 g/mol. The van der Waals surface area contributed by atoms with Crippen LogP contribution in [0.2, 0.25) is 0 Å². The highest BCUT2D eigenvalue weighted by atomic mass is 32.2. The molecule has 0 saturated carbocycles. The molecule has 25 heavy (non-hydrogen) atoms. The first-order valence-electron chi connectivity index (χ1n) is 8.68. The molecule has 1 heterocycles. The number of rotatable bonds is 6. The molecule has 1 N–H and O–H groups in total. The predicted octanol–water partition coefficient (Wildman–Crippen LogP) is 2.12. The van der Waals surface area contributed by atoms with Crippen molar-refractivity contribution >= 4 is 15.9 Å². The van der Waals surface area contributed by atoms with Crippen LogP contribution >= 0.6 is 0 Å². The highest BCUT2D eigenvalue weighted by Gasteiger charge is 2.28. The minimum atomic E-state index is -3.21. The second-order valence-corrected chi connectivity index (χ2v) is 8.75. The second-order valence-electron chi connectivity index (χ2n) is 6.97. The molecule has 0 bridgehead atoms. The number of hydrogen-bond donors (Lipinski definition) is 1. The fourth-order valence-corrected chi connectivity index (χ4v) is 3.80. The maximum atomic E-state index is 12.5. The molecule has 1 aliphatic heterocycles. The Hall–Kier alpha value is -1.60. The number of nitrogens with one attached hydrogen (secondary N) is 1. The summed E-state index contributed by atoms with van der Waals surface area (Å²) in [6.45, 7) is 7.08. The van der Waals surface area contributed by atoms with Crippen molar-refractivity contribution in [2.24, 2.45) is 0 Å². The molecule has 0 spiro atoms. The Bertz CT molecular complexity index is 678. The lowest BCUT2D eigenvalue weighted by Crippen LogP contribution is -2.49. The number of hydrogen-bond acceptors (Lipinski definition) is 4. The van der Waals surface area contributed by atoms with Gasteiger partial charge in [-0.1, -0.05) is 26.0 Å². The minimum Gasteiger partial charge on any atom is -0.481 e. The Labute approximate surface area is 150 Å². The van der Waals surface area contributed by atoms with Gasteiger partial charge in [0.05, 0.1) is 6.26 Å². The molecule has 1 fully saturated rings. The van der Waals surface area contributed by atoms with Crippen LogP contribution < -0.4 is 9.46 Å². The maximum absolute atomic E-state index is 12.5. The van der Waals surface area contributed by atoms with Crippen LogP contribution in [0.25, 0.3) is 0 Å². The highest BCUT2D eigenvalue weighted by Crippen LogP contribution is 2.20. The number of nitrogens with zero attached hydrogens (tertiary/aromatic N) is 1. The molecule has 6 nitrogen and oxygen atoms in total. The van der Waals surface area contributed by atoms with Gasteiger partial charge in [-0.3, -0.25) is 4.79 Å². The van der Waals surface area contributed by atoms with E-state index >= 15 is 0 Å². The summed E-state index contributed by atoms with van der Waals surface area (Å²) in [4.78, 5) is 14.3. The molecular formula is C18H28N2O4S. The molecule has 0 radical (unpaired) electrons. The number of likely N-dealkylation sites (tertiary alicyclic amines) is 1. The van der Waals surface area contributed by atoms with E-state index in [1.54, 1.807) is 11.8 Å². The first-order chi connectivity index (χ1) is 11.7. The van der Waals surface area contributed by atoms with E-state index in [1.807, 2.05) is 24.3 Å². The van der Waals surface area contributed by atoms with Crippen molar-refractivity contribution in [3.8, 4) is 5.75 Å². The summed E-state index contributed by atoms with van der Waals surface area (Å²) in [5, 5.41) is 0. The fraction of sp³-hybridized carbons (Fsp3) is 0.611. The van der Waals surface area contributed by atoms with E-state index in [4.69, 9.17) is 4.74 Å². The Kier molecular flexibility index (Phi) is 6.46. The number of piperidine rings is 1. The quantitative estimate of drug-likeness (QED) is 0.834. The zero-order chi connectivity index (χ0) is 18.6. The number of benzene rings is 1. The smallest absolute Gasteiger partial charge is 0.263 e. The topological polar surface area (TPSA) is 75.7 Å². The summed E-state index contributed by atoms with van der Waals surface area (Å²) in [6.07, 6.45) is 1.83. The van der Waals surface area contributed by atoms with Crippen molar-refractivity contribution in [1.82, 2.24) is 9.62 Å². The third kappa shape index (κ3) is 6.01. The van der Waals surface area contributed by atoms with E-state index in [9.17, 15) is 13.2 Å². The maximum Gasteiger partial charge on any atom is 0.263 e. The summed E-state index contributed by atoms with van der Waals surface area (Å²) in [6, 6.07) is 7.71. The zero-order valence-corrected chi connectivity index (χ0v) is 16.2. The van der Waals surface area contributed by atoms with Crippen LogP contribution in [0.5, 0.6) is 5.75 Å². The third-order valence-corrected chi connectivity index (χ3v) is 5.16. The third-order valence-electron chi connectivity index (χ3n) is 4.39. The predicted molar refractivity (Wildman–Crippen MR) is 98.2 cm³/mol. The number of carbonyl (C=O) groups excluding carboxylic acids is 1. The molecule has 140 valence electrons. The Morgan fingerprint density at radius 1 is 1.16 bits per heavy atom. The van der Waals surface area contributed by atoms with Crippen molar-refractivity contribution in [2.75, 3.05) is 19.3 Å². The lowest BCUT2D eigenvalue weighted by Gasteiger charge is -2.33. The largest absolute Gasteiger partial charge is 0.481 e. The van der Waals surface area contributed by atoms with Crippen LogP contribution in [0.15, 0.2) is 24.3 Å². The van der Waals surface area contributed by atoms with Gasteiger partial charge in [-0.05, 0) is 43.4 Å². The van der Waals surface area contributed by atoms with E-state index in [2.05, 4.69) is 18.6 Å². The van der Waals surface area contributed by atoms with Gasteiger partial charge >= 0.3 is 0 Å². The molecule has 1 saturated heterocycles. The van der Waals surface area contributed by atoms with Crippen molar-refractivity contribution in [2.45, 2.75) is 51.7 Å². The average molecular weight is 368 g/mol. The van der Waals surface area contributed by atoms with Crippen LogP contribution in [0, 0.1) is 0 Å². The number of ether oxygens (including phenoxy) is 1. The van der Waals surface area contributed by atoms with E-state index in [0.29, 0.717) is 37.6 Å². The summed E-state index contributed by atoms with van der Waals surface area (Å²) >= 11 is 0. The summed E-state index contributed by atoms with van der Waals surface area (Å²) in [7, 11) is -3.21. The second kappa shape index (κ2) is 8.19. The fourth-order valence-electron chi connectivity index (χ4n) is 2.96. The summed E-state index contributed by atoms with van der Waals surface area (Å²) in [5.41, 5.74) is 1.23. The lowest BCUT2D eigenvalue weighted by molar-refractivity contribution is -0.139. The van der Waals surface area contributed by atoms with Crippen LogP contribution in [0.4, 0.5) is 0 Å². The summed E-state index contributed by atoms with van der Waals surface area (Å²) in [5.74, 6) is 1.07. The van der Waals surface area contributed by atoms with E-state index in [0.717, 1.165) is 6.26 Å². The lowest BCUT2D eigenvalue weighted by atomic mass is 10.0. The Morgan fingerprint density at radius 3 is 2.20 bits per heavy atom. The zero-order valence-electron chi connectivity index (χ0n) is 15.4. The standard InChI is InChI=1S/C18H28N2O4S/c1-13(2)15-5-7-17(8-6-15)24-14(3)18(21)20-11-9-16(10-12-20)19-25(4,22)23/h5-8,13-14,16,19H,9-12H2,1-4H3. The van der Waals surface area contributed by atoms with Gasteiger partial charge in [0.15, 0.2) is 6.10 Å². The van der Waals surface area contributed by atoms with Gasteiger partial charge in [0, 0.05) is 19.1 Å². The number of sulfonamides is 1. The summed E-state index contributed by atoms with van der Waals surface area (Å²) < 4.78 is 30.9. The molecule has 0 aliphatic carbocycles. The molecule has 0 aromatic heterocycles. The molecule has 1 aliphatic rings. The van der Waals surface area contributed by atoms with Gasteiger partial charge in [0.2, 0.25) is 10.0 Å². The molecule has 1 aromatic rings. The van der Waals surface area contributed by atoms with Gasteiger partial charge in [-0.25, -0.2) is 13.1 Å². The van der Waals surface area contributed by atoms with Crippen molar-refractivity contribution in [3.05, 3.63) is 29.8 Å². The Morgan fingerprint density at radius 2 is 1.72 bits per heavy atom. The number of amides is 1. The molecule has 1 aromatic carbocycles. The normalized spacial score (nSPS) is 17.6. The SMILES string of the molecule is CC(Oc1ccc(C(C)C)cc1)C(=O)N1CCC(NS(C)(=O)=O)CC1. The van der Waals surface area contributed by atoms with Gasteiger partial charge in [-0.2, -0.15) is 0 Å². The molecule has 1 amide bonds. The van der Waals surface area contributed by atoms with Gasteiger partial charge in [-0.15, -0.1) is 0 Å². The van der Waals surface area contributed by atoms with Crippen molar-refractivity contribution in [3.63, 3.8) is 0 Å². The van der Waals surface area contributed by atoms with Crippen molar-refractivity contribution in [1.29, 1.82) is 0 Å². The molecular weight excluding hydrogens is 340 g/mol. The van der Waals surface area contributed by atoms with Crippen molar-refractivity contribution < 1.29 is 17.9 Å². The van der Waals surface area contributed by atoms with Gasteiger partial charge in [0.25, 0.3) is 5.91 Å². The highest BCUT2D eigenvalue weighted by molar-refractivity contribution is 7.88. The molecule has 1 atom stereocenters. The van der Waals surface area contributed by atoms with E-state index < -0.39 is 16.1 Å². The first kappa shape index (κ1) is 19.7. The van der Waals surface area contributed by atoms with E-state index in [1.165, 1.54) is 5.56 Å². The van der Waals surface area contributed by atoms with Crippen LogP contribution in [-0.2, 0) is 14.8 Å². The van der Waals surface area contributed by atoms with Crippen LogP contribution in [0.3, 0.4) is 0 Å². The van der Waals surface area contributed by atoms with E-state index in [-0.39, 0.29) is 11.9 Å². The molecule has 7 heteroatoms.